The third kappa shape index (κ3) is 2.84. The van der Waals surface area contributed by atoms with Crippen LogP contribution in [0.2, 0.25) is 10.0 Å². The van der Waals surface area contributed by atoms with Gasteiger partial charge in [-0.1, -0.05) is 28.4 Å². The summed E-state index contributed by atoms with van der Waals surface area (Å²) in [7, 11) is 0. The molecular weight excluding hydrogens is 316 g/mol. The molecule has 0 radical (unpaired) electrons. The maximum absolute atomic E-state index is 13.0. The fraction of sp³-hybridized carbons (Fsp3) is 0. The van der Waals surface area contributed by atoms with Crippen LogP contribution in [0.25, 0.3) is 22.8 Å². The Morgan fingerprint density at radius 2 is 1.76 bits per heavy atom. The van der Waals surface area contributed by atoms with Crippen molar-refractivity contribution < 1.29 is 8.91 Å². The second kappa shape index (κ2) is 5.35. The van der Waals surface area contributed by atoms with E-state index in [0.29, 0.717) is 27.0 Å². The molecule has 0 unspecified atom stereocenters. The first kappa shape index (κ1) is 13.9. The Morgan fingerprint density at radius 3 is 2.43 bits per heavy atom. The second-order valence-electron chi connectivity index (χ2n) is 4.31. The third-order valence-corrected chi connectivity index (χ3v) is 3.23. The van der Waals surface area contributed by atoms with Crippen molar-refractivity contribution in [3.8, 4) is 22.8 Å². The van der Waals surface area contributed by atoms with E-state index in [9.17, 15) is 4.39 Å². The van der Waals surface area contributed by atoms with Crippen LogP contribution in [-0.2, 0) is 0 Å². The van der Waals surface area contributed by atoms with Crippen LogP contribution in [0, 0.1) is 5.82 Å². The molecule has 1 aromatic heterocycles. The molecule has 0 bridgehead atoms. The Balaban J connectivity index is 2.03. The number of rotatable bonds is 2. The van der Waals surface area contributed by atoms with Gasteiger partial charge in [-0.2, -0.15) is 4.98 Å². The molecule has 0 aliphatic rings. The second-order valence-corrected chi connectivity index (χ2v) is 5.19. The van der Waals surface area contributed by atoms with Crippen molar-refractivity contribution in [2.24, 2.45) is 0 Å². The van der Waals surface area contributed by atoms with Crippen LogP contribution < -0.4 is 5.73 Å². The SMILES string of the molecule is Nc1cc(F)ccc1-c1nc(-c2cc(Cl)cc(Cl)c2)no1. The number of nitrogens with zero attached hydrogens (tertiary/aromatic N) is 2. The van der Waals surface area contributed by atoms with E-state index in [-0.39, 0.29) is 11.6 Å². The summed E-state index contributed by atoms with van der Waals surface area (Å²) in [5, 5.41) is 4.78. The van der Waals surface area contributed by atoms with Gasteiger partial charge in [0.15, 0.2) is 0 Å². The monoisotopic (exact) mass is 323 g/mol. The number of hydrogen-bond donors (Lipinski definition) is 1. The van der Waals surface area contributed by atoms with E-state index in [1.807, 2.05) is 0 Å². The molecule has 0 aliphatic carbocycles. The maximum atomic E-state index is 13.0. The Bertz CT molecular complexity index is 799. The van der Waals surface area contributed by atoms with Crippen LogP contribution in [0.4, 0.5) is 10.1 Å². The maximum Gasteiger partial charge on any atom is 0.260 e. The number of nitrogens with two attached hydrogens (primary N) is 1. The number of benzene rings is 2. The van der Waals surface area contributed by atoms with Gasteiger partial charge in [0, 0.05) is 21.3 Å². The molecule has 0 saturated carbocycles. The molecule has 2 N–H and O–H groups in total. The van der Waals surface area contributed by atoms with Gasteiger partial charge >= 0.3 is 0 Å². The highest BCUT2D eigenvalue weighted by Crippen LogP contribution is 2.29. The zero-order valence-electron chi connectivity index (χ0n) is 10.5. The van der Waals surface area contributed by atoms with Gasteiger partial charge in [-0.15, -0.1) is 0 Å². The van der Waals surface area contributed by atoms with Gasteiger partial charge in [0.2, 0.25) is 5.82 Å². The summed E-state index contributed by atoms with van der Waals surface area (Å²) in [5.74, 6) is 0.0781. The Morgan fingerprint density at radius 1 is 1.05 bits per heavy atom. The molecule has 2 aromatic carbocycles. The molecule has 3 aromatic rings. The summed E-state index contributed by atoms with van der Waals surface area (Å²) >= 11 is 11.9. The Hall–Kier alpha value is -2.11. The quantitative estimate of drug-likeness (QED) is 0.708. The minimum Gasteiger partial charge on any atom is -0.398 e. The Kier molecular flexibility index (Phi) is 3.53. The van der Waals surface area contributed by atoms with Crippen molar-refractivity contribution in [2.75, 3.05) is 5.73 Å². The van der Waals surface area contributed by atoms with Gasteiger partial charge in [-0.3, -0.25) is 0 Å². The van der Waals surface area contributed by atoms with Crippen molar-refractivity contribution in [1.29, 1.82) is 0 Å². The normalized spacial score (nSPS) is 10.8. The van der Waals surface area contributed by atoms with Gasteiger partial charge in [0.1, 0.15) is 5.82 Å². The first-order chi connectivity index (χ1) is 10.0. The van der Waals surface area contributed by atoms with Gasteiger partial charge in [-0.25, -0.2) is 4.39 Å². The van der Waals surface area contributed by atoms with Crippen LogP contribution >= 0.6 is 23.2 Å². The molecular formula is C14H8Cl2FN3O. The molecule has 0 atom stereocenters. The van der Waals surface area contributed by atoms with E-state index in [1.54, 1.807) is 18.2 Å². The highest BCUT2D eigenvalue weighted by atomic mass is 35.5. The average molecular weight is 324 g/mol. The van der Waals surface area contributed by atoms with E-state index in [0.717, 1.165) is 0 Å². The van der Waals surface area contributed by atoms with E-state index >= 15 is 0 Å². The third-order valence-electron chi connectivity index (χ3n) is 2.79. The smallest absolute Gasteiger partial charge is 0.260 e. The first-order valence-electron chi connectivity index (χ1n) is 5.88. The highest BCUT2D eigenvalue weighted by Gasteiger charge is 2.14. The van der Waals surface area contributed by atoms with Crippen molar-refractivity contribution in [1.82, 2.24) is 10.1 Å². The van der Waals surface area contributed by atoms with Crippen molar-refractivity contribution in [3.05, 3.63) is 52.3 Å². The summed E-state index contributed by atoms with van der Waals surface area (Å²) in [6.45, 7) is 0. The lowest BCUT2D eigenvalue weighted by Crippen LogP contribution is -1.91. The zero-order chi connectivity index (χ0) is 15.0. The molecule has 21 heavy (non-hydrogen) atoms. The van der Waals surface area contributed by atoms with E-state index in [2.05, 4.69) is 10.1 Å². The fourth-order valence-corrected chi connectivity index (χ4v) is 2.39. The zero-order valence-corrected chi connectivity index (χ0v) is 12.0. The molecule has 0 fully saturated rings. The lowest BCUT2D eigenvalue weighted by atomic mass is 10.1. The summed E-state index contributed by atoms with van der Waals surface area (Å²) < 4.78 is 18.2. The first-order valence-corrected chi connectivity index (χ1v) is 6.64. The number of aromatic nitrogens is 2. The van der Waals surface area contributed by atoms with Crippen molar-refractivity contribution in [3.63, 3.8) is 0 Å². The molecule has 1 heterocycles. The number of hydrogen-bond acceptors (Lipinski definition) is 4. The van der Waals surface area contributed by atoms with Crippen molar-refractivity contribution in [2.45, 2.75) is 0 Å². The van der Waals surface area contributed by atoms with Crippen LogP contribution in [-0.4, -0.2) is 10.1 Å². The lowest BCUT2D eigenvalue weighted by molar-refractivity contribution is 0.432. The van der Waals surface area contributed by atoms with E-state index < -0.39 is 5.82 Å². The summed E-state index contributed by atoms with van der Waals surface area (Å²) in [4.78, 5) is 4.23. The topological polar surface area (TPSA) is 64.9 Å². The van der Waals surface area contributed by atoms with Crippen molar-refractivity contribution >= 4 is 28.9 Å². The standard InChI is InChI=1S/C14H8Cl2FN3O/c15-8-3-7(4-9(16)5-8)13-19-14(21-20-13)11-2-1-10(17)6-12(11)18/h1-6H,18H2. The van der Waals surface area contributed by atoms with E-state index in [1.165, 1.54) is 18.2 Å². The van der Waals surface area contributed by atoms with Gasteiger partial charge < -0.3 is 10.3 Å². The van der Waals surface area contributed by atoms with E-state index in [4.69, 9.17) is 33.5 Å². The van der Waals surface area contributed by atoms with Gasteiger partial charge in [0.25, 0.3) is 5.89 Å². The fourth-order valence-electron chi connectivity index (χ4n) is 1.86. The minimum absolute atomic E-state index is 0.193. The summed E-state index contributed by atoms with van der Waals surface area (Å²) in [5.41, 5.74) is 7.03. The molecule has 0 aliphatic heterocycles. The van der Waals surface area contributed by atoms with Gasteiger partial charge in [0.05, 0.1) is 5.56 Å². The number of nitrogen functional groups attached to an aromatic ring is 1. The number of anilines is 1. The Labute approximate surface area is 129 Å². The largest absolute Gasteiger partial charge is 0.398 e. The van der Waals surface area contributed by atoms with Gasteiger partial charge in [-0.05, 0) is 36.4 Å². The predicted octanol–water partition coefficient (Wildman–Crippen LogP) is 4.43. The van der Waals surface area contributed by atoms with Crippen LogP contribution in [0.5, 0.6) is 0 Å². The molecule has 0 spiro atoms. The molecule has 0 amide bonds. The lowest BCUT2D eigenvalue weighted by Gasteiger charge is -1.99. The average Bonchev–Trinajstić information content (AvgIpc) is 2.87. The molecule has 7 heteroatoms. The van der Waals surface area contributed by atoms with Crippen LogP contribution in [0.15, 0.2) is 40.9 Å². The molecule has 106 valence electrons. The number of halogens is 3. The predicted molar refractivity (Wildman–Crippen MR) is 79.6 cm³/mol. The summed E-state index contributed by atoms with van der Waals surface area (Å²) in [6.07, 6.45) is 0. The minimum atomic E-state index is -0.433. The highest BCUT2D eigenvalue weighted by molar-refractivity contribution is 6.35. The molecule has 0 saturated heterocycles. The summed E-state index contributed by atoms with van der Waals surface area (Å²) in [6, 6.07) is 8.87. The molecule has 3 rings (SSSR count). The molecule has 4 nitrogen and oxygen atoms in total. The van der Waals surface area contributed by atoms with Crippen LogP contribution in [0.3, 0.4) is 0 Å². The van der Waals surface area contributed by atoms with Crippen LogP contribution in [0.1, 0.15) is 0 Å².